The number of thiazole rings is 1. The van der Waals surface area contributed by atoms with E-state index in [9.17, 15) is 8.42 Å². The number of hydrogen-bond donors (Lipinski definition) is 2. The molecule has 0 unspecified atom stereocenters. The Bertz CT molecular complexity index is 1590. The van der Waals surface area contributed by atoms with Crippen LogP contribution in [0.3, 0.4) is 0 Å². The zero-order chi connectivity index (χ0) is 23.9. The molecule has 11 heteroatoms. The number of hydrogen-bond acceptors (Lipinski definition) is 8. The highest BCUT2D eigenvalue weighted by Gasteiger charge is 2.17. The van der Waals surface area contributed by atoms with Crippen molar-refractivity contribution in [1.29, 1.82) is 0 Å². The molecule has 0 saturated heterocycles. The molecule has 4 heterocycles. The summed E-state index contributed by atoms with van der Waals surface area (Å²) >= 11 is 1.46. The van der Waals surface area contributed by atoms with E-state index in [1.165, 1.54) is 23.5 Å². The van der Waals surface area contributed by atoms with Crippen molar-refractivity contribution in [1.82, 2.24) is 24.3 Å². The van der Waals surface area contributed by atoms with Crippen molar-refractivity contribution in [2.24, 2.45) is 0 Å². The second-order valence-electron chi connectivity index (χ2n) is 7.74. The number of imidazole rings is 1. The van der Waals surface area contributed by atoms with Gasteiger partial charge in [-0.3, -0.25) is 4.40 Å². The van der Waals surface area contributed by atoms with Crippen LogP contribution in [0.5, 0.6) is 0 Å². The monoisotopic (exact) mass is 491 g/mol. The minimum atomic E-state index is -3.81. The largest absolute Gasteiger partial charge is 0.332 e. The minimum Gasteiger partial charge on any atom is -0.332 e. The number of nitrogens with zero attached hydrogens (tertiary/aromatic N) is 5. The van der Waals surface area contributed by atoms with Crippen molar-refractivity contribution < 1.29 is 8.42 Å². The van der Waals surface area contributed by atoms with Gasteiger partial charge in [0.2, 0.25) is 5.95 Å². The third-order valence-electron chi connectivity index (χ3n) is 5.07. The number of pyridine rings is 1. The Morgan fingerprint density at radius 2 is 1.65 bits per heavy atom. The van der Waals surface area contributed by atoms with Crippen LogP contribution in [0.25, 0.3) is 17.0 Å². The van der Waals surface area contributed by atoms with Crippen LogP contribution in [0.2, 0.25) is 0 Å². The first kappa shape index (κ1) is 22.0. The lowest BCUT2D eigenvalue weighted by Crippen LogP contribution is -2.15. The number of anilines is 3. The number of sulfonamides is 1. The summed E-state index contributed by atoms with van der Waals surface area (Å²) in [4.78, 5) is 17.7. The van der Waals surface area contributed by atoms with Gasteiger partial charge >= 0.3 is 0 Å². The van der Waals surface area contributed by atoms with Gasteiger partial charge in [-0.05, 0) is 63.2 Å². The maximum Gasteiger partial charge on any atom is 0.264 e. The summed E-state index contributed by atoms with van der Waals surface area (Å²) in [5.74, 6) is 0.0534. The van der Waals surface area contributed by atoms with Crippen molar-refractivity contribution in [3.8, 4) is 11.4 Å². The predicted molar refractivity (Wildman–Crippen MR) is 133 cm³/mol. The molecular formula is C23H21N7O2S2. The third kappa shape index (κ3) is 4.35. The molecule has 5 rings (SSSR count). The van der Waals surface area contributed by atoms with Gasteiger partial charge < -0.3 is 5.32 Å². The fourth-order valence-electron chi connectivity index (χ4n) is 3.65. The molecule has 2 N–H and O–H groups in total. The normalized spacial score (nSPS) is 11.6. The fourth-order valence-corrected chi connectivity index (χ4v) is 5.31. The van der Waals surface area contributed by atoms with E-state index >= 15 is 0 Å². The van der Waals surface area contributed by atoms with E-state index in [1.54, 1.807) is 32.0 Å². The lowest BCUT2D eigenvalue weighted by atomic mass is 10.3. The van der Waals surface area contributed by atoms with Gasteiger partial charge in [0.1, 0.15) is 11.3 Å². The quantitative estimate of drug-likeness (QED) is 0.353. The van der Waals surface area contributed by atoms with E-state index in [-0.39, 0.29) is 10.8 Å². The van der Waals surface area contributed by atoms with Crippen molar-refractivity contribution >= 4 is 43.8 Å². The third-order valence-corrected chi connectivity index (χ3v) is 7.18. The Kier molecular flexibility index (Phi) is 5.50. The standard InChI is InChI=1S/C23H21N7O2S2/c1-14-12-15(2)25-22(24-14)29-34(31,32)18-9-7-17(8-10-18)27-23-28-19(13-33-23)21-16(3)26-20-6-4-5-11-30(20)21/h4-13H,1-3H3,(H,27,28)(H,24,25,29). The summed E-state index contributed by atoms with van der Waals surface area (Å²) in [6, 6.07) is 14.1. The summed E-state index contributed by atoms with van der Waals surface area (Å²) < 4.78 is 29.9. The second kappa shape index (κ2) is 8.50. The minimum absolute atomic E-state index is 0.0534. The van der Waals surface area contributed by atoms with Gasteiger partial charge in [-0.15, -0.1) is 11.3 Å². The van der Waals surface area contributed by atoms with E-state index < -0.39 is 10.0 Å². The molecule has 0 saturated carbocycles. The van der Waals surface area contributed by atoms with Crippen LogP contribution >= 0.6 is 11.3 Å². The summed E-state index contributed by atoms with van der Waals surface area (Å²) in [5.41, 5.74) is 5.63. The van der Waals surface area contributed by atoms with Gasteiger partial charge in [-0.1, -0.05) is 6.07 Å². The molecule has 0 amide bonds. The lowest BCUT2D eigenvalue weighted by molar-refractivity contribution is 0.601. The molecule has 0 radical (unpaired) electrons. The highest BCUT2D eigenvalue weighted by atomic mass is 32.2. The van der Waals surface area contributed by atoms with Crippen LogP contribution in [0.15, 0.2) is 65.0 Å². The van der Waals surface area contributed by atoms with Crippen molar-refractivity contribution in [3.05, 3.63) is 77.2 Å². The number of fused-ring (bicyclic) bond motifs is 1. The van der Waals surface area contributed by atoms with E-state index in [2.05, 4.69) is 25.0 Å². The van der Waals surface area contributed by atoms with E-state index in [4.69, 9.17) is 4.98 Å². The van der Waals surface area contributed by atoms with Gasteiger partial charge in [0.05, 0.1) is 16.3 Å². The number of nitrogens with one attached hydrogen (secondary N) is 2. The van der Waals surface area contributed by atoms with Crippen molar-refractivity contribution in [3.63, 3.8) is 0 Å². The SMILES string of the molecule is Cc1cc(C)nc(NS(=O)(=O)c2ccc(Nc3nc(-c4c(C)nc5ccccn45)cs3)cc2)n1. The molecule has 172 valence electrons. The number of benzene rings is 1. The molecule has 0 aliphatic heterocycles. The van der Waals surface area contributed by atoms with Crippen LogP contribution in [-0.2, 0) is 10.0 Å². The van der Waals surface area contributed by atoms with Crippen LogP contribution in [-0.4, -0.2) is 32.8 Å². The van der Waals surface area contributed by atoms with E-state index in [0.29, 0.717) is 16.5 Å². The molecule has 0 fully saturated rings. The molecule has 0 aliphatic rings. The fraction of sp³-hybridized carbons (Fsp3) is 0.130. The Balaban J connectivity index is 1.34. The number of rotatable bonds is 6. The first-order valence-electron chi connectivity index (χ1n) is 10.4. The highest BCUT2D eigenvalue weighted by Crippen LogP contribution is 2.30. The molecule has 0 atom stereocenters. The molecule has 0 bridgehead atoms. The first-order valence-corrected chi connectivity index (χ1v) is 12.8. The highest BCUT2D eigenvalue weighted by molar-refractivity contribution is 7.92. The van der Waals surface area contributed by atoms with E-state index in [0.717, 1.165) is 28.4 Å². The Labute approximate surface area is 200 Å². The zero-order valence-electron chi connectivity index (χ0n) is 18.6. The summed E-state index contributed by atoms with van der Waals surface area (Å²) in [6.45, 7) is 5.53. The molecule has 9 nitrogen and oxygen atoms in total. The molecule has 0 spiro atoms. The van der Waals surface area contributed by atoms with Gasteiger partial charge in [0, 0.05) is 28.7 Å². The van der Waals surface area contributed by atoms with Gasteiger partial charge in [0.25, 0.3) is 10.0 Å². The summed E-state index contributed by atoms with van der Waals surface area (Å²) in [6.07, 6.45) is 1.97. The van der Waals surface area contributed by atoms with Crippen molar-refractivity contribution in [2.45, 2.75) is 25.7 Å². The summed E-state index contributed by atoms with van der Waals surface area (Å²) in [5, 5.41) is 5.90. The first-order chi connectivity index (χ1) is 16.3. The topological polar surface area (TPSA) is 114 Å². The smallest absolute Gasteiger partial charge is 0.264 e. The van der Waals surface area contributed by atoms with Crippen LogP contribution in [0.4, 0.5) is 16.8 Å². The maximum atomic E-state index is 12.7. The van der Waals surface area contributed by atoms with Gasteiger partial charge in [0.15, 0.2) is 5.13 Å². The average molecular weight is 492 g/mol. The Hall–Kier alpha value is -3.83. The van der Waals surface area contributed by atoms with Crippen LogP contribution in [0.1, 0.15) is 17.1 Å². The average Bonchev–Trinajstić information content (AvgIpc) is 3.35. The number of aromatic nitrogens is 5. The van der Waals surface area contributed by atoms with Crippen molar-refractivity contribution in [2.75, 3.05) is 10.0 Å². The zero-order valence-corrected chi connectivity index (χ0v) is 20.3. The molecule has 5 aromatic rings. The molecule has 0 aliphatic carbocycles. The summed E-state index contributed by atoms with van der Waals surface area (Å²) in [7, 11) is -3.81. The van der Waals surface area contributed by atoms with Gasteiger partial charge in [-0.25, -0.2) is 33.1 Å². The lowest BCUT2D eigenvalue weighted by Gasteiger charge is -2.09. The van der Waals surface area contributed by atoms with Crippen LogP contribution < -0.4 is 10.0 Å². The molecule has 1 aromatic carbocycles. The maximum absolute atomic E-state index is 12.7. The Morgan fingerprint density at radius 3 is 2.38 bits per heavy atom. The molecular weight excluding hydrogens is 470 g/mol. The molecule has 4 aromatic heterocycles. The Morgan fingerprint density at radius 1 is 0.912 bits per heavy atom. The van der Waals surface area contributed by atoms with E-state index in [1.807, 2.05) is 41.1 Å². The predicted octanol–water partition coefficient (Wildman–Crippen LogP) is 4.72. The molecule has 34 heavy (non-hydrogen) atoms. The number of aryl methyl sites for hydroxylation is 3. The second-order valence-corrected chi connectivity index (χ2v) is 10.3. The van der Waals surface area contributed by atoms with Gasteiger partial charge in [-0.2, -0.15) is 0 Å². The van der Waals surface area contributed by atoms with Crippen LogP contribution in [0, 0.1) is 20.8 Å².